The average molecular weight is 194 g/mol. The van der Waals surface area contributed by atoms with Crippen molar-refractivity contribution in [1.29, 1.82) is 0 Å². The van der Waals surface area contributed by atoms with Crippen molar-refractivity contribution >= 4 is 16.8 Å². The monoisotopic (exact) mass is 194 g/mol. The molecule has 0 bridgehead atoms. The molecule has 1 fully saturated rings. The van der Waals surface area contributed by atoms with Crippen LogP contribution in [-0.4, -0.2) is 0 Å². The van der Waals surface area contributed by atoms with Crippen LogP contribution in [0, 0.1) is 0 Å². The van der Waals surface area contributed by atoms with Crippen molar-refractivity contribution in [1.82, 2.24) is 0 Å². The summed E-state index contributed by atoms with van der Waals surface area (Å²) in [4.78, 5) is 0. The topological polar surface area (TPSA) is 0 Å². The minimum absolute atomic E-state index is 0.782. The minimum atomic E-state index is 0.782. The van der Waals surface area contributed by atoms with Crippen LogP contribution in [0.5, 0.6) is 0 Å². The first-order chi connectivity index (χ1) is 7.40. The van der Waals surface area contributed by atoms with E-state index >= 15 is 0 Å². The van der Waals surface area contributed by atoms with Gasteiger partial charge in [0.15, 0.2) is 0 Å². The van der Waals surface area contributed by atoms with Crippen LogP contribution in [-0.2, 0) is 0 Å². The number of rotatable bonds is 2. The van der Waals surface area contributed by atoms with Crippen LogP contribution >= 0.6 is 0 Å². The molecule has 0 aromatic heterocycles. The van der Waals surface area contributed by atoms with E-state index < -0.39 is 0 Å². The maximum Gasteiger partial charge on any atom is -0.0143 e. The molecule has 0 heterocycles. The molecule has 0 nitrogen and oxygen atoms in total. The van der Waals surface area contributed by atoms with E-state index in [0.29, 0.717) is 0 Å². The molecule has 0 atom stereocenters. The number of hydrogen-bond donors (Lipinski definition) is 0. The number of hydrogen-bond acceptors (Lipinski definition) is 0. The summed E-state index contributed by atoms with van der Waals surface area (Å²) >= 11 is 0. The summed E-state index contributed by atoms with van der Waals surface area (Å²) in [5.74, 6) is 0.782. The van der Waals surface area contributed by atoms with Gasteiger partial charge >= 0.3 is 0 Å². The smallest absolute Gasteiger partial charge is 0.0143 e. The zero-order chi connectivity index (χ0) is 10.3. The minimum Gasteiger partial charge on any atom is -0.0985 e. The quantitative estimate of drug-likeness (QED) is 0.666. The van der Waals surface area contributed by atoms with E-state index in [1.807, 2.05) is 6.08 Å². The summed E-state index contributed by atoms with van der Waals surface area (Å²) in [6.07, 6.45) is 4.67. The molecule has 0 unspecified atom stereocenters. The molecular formula is C15H14. The largest absolute Gasteiger partial charge is 0.0985 e. The summed E-state index contributed by atoms with van der Waals surface area (Å²) in [7, 11) is 0. The number of benzene rings is 2. The third-order valence-electron chi connectivity index (χ3n) is 3.21. The van der Waals surface area contributed by atoms with E-state index in [4.69, 9.17) is 0 Å². The first-order valence-electron chi connectivity index (χ1n) is 5.54. The summed E-state index contributed by atoms with van der Waals surface area (Å²) in [6.45, 7) is 3.91. The van der Waals surface area contributed by atoms with Crippen molar-refractivity contribution in [2.45, 2.75) is 18.8 Å². The predicted molar refractivity (Wildman–Crippen MR) is 66.0 cm³/mol. The van der Waals surface area contributed by atoms with Gasteiger partial charge in [-0.15, -0.1) is 0 Å². The van der Waals surface area contributed by atoms with Gasteiger partial charge in [0.1, 0.15) is 0 Å². The maximum atomic E-state index is 3.91. The molecule has 1 aliphatic carbocycles. The van der Waals surface area contributed by atoms with Gasteiger partial charge in [-0.05, 0) is 40.7 Å². The summed E-state index contributed by atoms with van der Waals surface area (Å²) < 4.78 is 0. The summed E-state index contributed by atoms with van der Waals surface area (Å²) in [5, 5.41) is 2.77. The third-order valence-corrected chi connectivity index (χ3v) is 3.21. The molecule has 2 aromatic carbocycles. The van der Waals surface area contributed by atoms with Crippen LogP contribution in [0.3, 0.4) is 0 Å². The van der Waals surface area contributed by atoms with Crippen molar-refractivity contribution in [2.75, 3.05) is 0 Å². The highest BCUT2D eigenvalue weighted by molar-refractivity contribution is 5.89. The molecule has 0 radical (unpaired) electrons. The molecule has 74 valence electrons. The van der Waals surface area contributed by atoms with E-state index in [2.05, 4.69) is 43.0 Å². The fraction of sp³-hybridized carbons (Fsp3) is 0.200. The molecule has 0 amide bonds. The van der Waals surface area contributed by atoms with Crippen LogP contribution < -0.4 is 0 Å². The van der Waals surface area contributed by atoms with Crippen LogP contribution in [0.4, 0.5) is 0 Å². The van der Waals surface area contributed by atoms with E-state index in [0.717, 1.165) is 5.92 Å². The fourth-order valence-corrected chi connectivity index (χ4v) is 2.32. The molecule has 0 spiro atoms. The van der Waals surface area contributed by atoms with Gasteiger partial charge < -0.3 is 0 Å². The average Bonchev–Trinajstić information content (AvgIpc) is 3.11. The fourth-order valence-electron chi connectivity index (χ4n) is 2.32. The molecule has 1 saturated carbocycles. The Morgan fingerprint density at radius 2 is 1.87 bits per heavy atom. The van der Waals surface area contributed by atoms with Crippen LogP contribution in [0.1, 0.15) is 29.9 Å². The third kappa shape index (κ3) is 1.37. The Balaban J connectivity index is 2.36. The lowest BCUT2D eigenvalue weighted by Crippen LogP contribution is -1.88. The predicted octanol–water partition coefficient (Wildman–Crippen LogP) is 4.36. The van der Waals surface area contributed by atoms with Gasteiger partial charge in [-0.2, -0.15) is 0 Å². The second-order valence-electron chi connectivity index (χ2n) is 4.27. The molecule has 0 N–H and O–H groups in total. The highest BCUT2D eigenvalue weighted by atomic mass is 14.3. The van der Waals surface area contributed by atoms with E-state index in [1.54, 1.807) is 0 Å². The second kappa shape index (κ2) is 3.23. The SMILES string of the molecule is C=Cc1ccc2ccccc2c1C1CC1. The lowest BCUT2D eigenvalue weighted by molar-refractivity contribution is 1.14. The normalized spacial score (nSPS) is 15.5. The Labute approximate surface area is 90.2 Å². The zero-order valence-corrected chi connectivity index (χ0v) is 8.74. The van der Waals surface area contributed by atoms with E-state index in [9.17, 15) is 0 Å². The number of fused-ring (bicyclic) bond motifs is 1. The lowest BCUT2D eigenvalue weighted by atomic mass is 9.95. The van der Waals surface area contributed by atoms with Crippen LogP contribution in [0.15, 0.2) is 43.0 Å². The second-order valence-corrected chi connectivity index (χ2v) is 4.27. The van der Waals surface area contributed by atoms with Gasteiger partial charge in [-0.25, -0.2) is 0 Å². The van der Waals surface area contributed by atoms with Crippen LogP contribution in [0.25, 0.3) is 16.8 Å². The summed E-state index contributed by atoms with van der Waals surface area (Å²) in [6, 6.07) is 13.0. The standard InChI is InChI=1S/C15H14/c1-2-11-7-8-12-5-3-4-6-14(12)15(11)13-9-10-13/h2-8,13H,1,9-10H2. The van der Waals surface area contributed by atoms with Gasteiger partial charge in [-0.3, -0.25) is 0 Å². The van der Waals surface area contributed by atoms with Gasteiger partial charge in [0.25, 0.3) is 0 Å². The molecule has 0 saturated heterocycles. The zero-order valence-electron chi connectivity index (χ0n) is 8.74. The molecule has 0 aliphatic heterocycles. The first-order valence-corrected chi connectivity index (χ1v) is 5.54. The molecule has 3 rings (SSSR count). The Kier molecular flexibility index (Phi) is 1.88. The Morgan fingerprint density at radius 1 is 1.07 bits per heavy atom. The van der Waals surface area contributed by atoms with Gasteiger partial charge in [0.05, 0.1) is 0 Å². The lowest BCUT2D eigenvalue weighted by Gasteiger charge is -2.09. The van der Waals surface area contributed by atoms with E-state index in [-0.39, 0.29) is 0 Å². The summed E-state index contributed by atoms with van der Waals surface area (Å²) in [5.41, 5.74) is 2.83. The van der Waals surface area contributed by atoms with Gasteiger partial charge in [0, 0.05) is 0 Å². The van der Waals surface area contributed by atoms with Crippen molar-refractivity contribution in [3.05, 3.63) is 54.1 Å². The van der Waals surface area contributed by atoms with Crippen molar-refractivity contribution < 1.29 is 0 Å². The maximum absolute atomic E-state index is 3.91. The molecular weight excluding hydrogens is 180 g/mol. The highest BCUT2D eigenvalue weighted by Gasteiger charge is 2.26. The Bertz CT molecular complexity index is 519. The van der Waals surface area contributed by atoms with Crippen LogP contribution in [0.2, 0.25) is 0 Å². The molecule has 2 aromatic rings. The highest BCUT2D eigenvalue weighted by Crippen LogP contribution is 2.45. The van der Waals surface area contributed by atoms with Crippen molar-refractivity contribution in [3.8, 4) is 0 Å². The molecule has 1 aliphatic rings. The van der Waals surface area contributed by atoms with Crippen molar-refractivity contribution in [2.24, 2.45) is 0 Å². The molecule has 15 heavy (non-hydrogen) atoms. The Morgan fingerprint density at radius 3 is 2.60 bits per heavy atom. The Hall–Kier alpha value is -1.56. The van der Waals surface area contributed by atoms with E-state index in [1.165, 1.54) is 34.7 Å². The van der Waals surface area contributed by atoms with Crippen molar-refractivity contribution in [3.63, 3.8) is 0 Å². The molecule has 0 heteroatoms. The van der Waals surface area contributed by atoms with Gasteiger partial charge in [-0.1, -0.05) is 49.1 Å². The van der Waals surface area contributed by atoms with Gasteiger partial charge in [0.2, 0.25) is 0 Å². The first kappa shape index (κ1) is 8.72.